The molecule has 0 aromatic carbocycles. The molecule has 0 aliphatic carbocycles. The number of allylic oxidation sites excluding steroid dienone is 5. The minimum Gasteiger partial charge on any atom is -0.481 e. The lowest BCUT2D eigenvalue weighted by Gasteiger charge is -2.09. The van der Waals surface area contributed by atoms with Crippen LogP contribution in [0.3, 0.4) is 0 Å². The van der Waals surface area contributed by atoms with Crippen molar-refractivity contribution in [3.05, 3.63) is 34.9 Å². The van der Waals surface area contributed by atoms with Crippen LogP contribution in [0.5, 0.6) is 0 Å². The number of carbonyl (C=O) groups is 1. The average Bonchev–Trinajstić information content (AvgIpc) is 2.64. The molecule has 0 saturated carbocycles. The fourth-order valence-corrected chi connectivity index (χ4v) is 2.50. The van der Waals surface area contributed by atoms with Crippen LogP contribution in [0.2, 0.25) is 0 Å². The molecule has 148 valence electrons. The molecule has 0 radical (unpaired) electrons. The molecule has 0 aromatic rings. The number of aliphatic hydroxyl groups excluding tert-OH is 1. The van der Waals surface area contributed by atoms with Gasteiger partial charge in [-0.15, -0.1) is 0 Å². The summed E-state index contributed by atoms with van der Waals surface area (Å²) in [4.78, 5) is 10.3. The van der Waals surface area contributed by atoms with Gasteiger partial charge in [0.25, 0.3) is 0 Å². The molecule has 0 rings (SSSR count). The molecule has 0 aromatic heterocycles. The maximum Gasteiger partial charge on any atom is 0.304 e. The fraction of sp³-hybridized carbons (Fsp3) is 0.522. The van der Waals surface area contributed by atoms with Gasteiger partial charge in [-0.2, -0.15) is 0 Å². The molecule has 0 amide bonds. The number of halogens is 1. The van der Waals surface area contributed by atoms with Gasteiger partial charge in [0, 0.05) is 10.9 Å². The quantitative estimate of drug-likeness (QED) is 0.220. The number of unbranched alkanes of at least 4 members (excludes halogenated alkanes) is 5. The van der Waals surface area contributed by atoms with Gasteiger partial charge in [0.2, 0.25) is 0 Å². The van der Waals surface area contributed by atoms with Crippen molar-refractivity contribution in [1.82, 2.24) is 0 Å². The van der Waals surface area contributed by atoms with E-state index in [0.29, 0.717) is 6.42 Å². The maximum absolute atomic E-state index is 10.3. The van der Waals surface area contributed by atoms with Gasteiger partial charge in [0.05, 0.1) is 12.5 Å². The van der Waals surface area contributed by atoms with Crippen LogP contribution in [0.25, 0.3) is 0 Å². The van der Waals surface area contributed by atoms with E-state index in [4.69, 9.17) is 5.11 Å². The number of hydrogen-bond acceptors (Lipinski definition) is 2. The Morgan fingerprint density at radius 3 is 2.63 bits per heavy atom. The minimum atomic E-state index is -0.838. The summed E-state index contributed by atoms with van der Waals surface area (Å²) in [5, 5.41) is 18.5. The van der Waals surface area contributed by atoms with Gasteiger partial charge in [-0.25, -0.2) is 0 Å². The second-order valence-electron chi connectivity index (χ2n) is 6.14. The Labute approximate surface area is 172 Å². The highest BCUT2D eigenvalue weighted by Crippen LogP contribution is 2.17. The first-order chi connectivity index (χ1) is 13.1. The topological polar surface area (TPSA) is 57.5 Å². The van der Waals surface area contributed by atoms with Crippen molar-refractivity contribution in [3.8, 4) is 23.7 Å². The Bertz CT molecular complexity index is 609. The summed E-state index contributed by atoms with van der Waals surface area (Å²) >= 11 is 3.44. The van der Waals surface area contributed by atoms with E-state index in [0.717, 1.165) is 55.8 Å². The number of hydrogen-bond donors (Lipinski definition) is 2. The molecule has 0 saturated heterocycles. The van der Waals surface area contributed by atoms with Crippen molar-refractivity contribution in [2.24, 2.45) is 0 Å². The maximum atomic E-state index is 10.3. The molecular formula is C23H31BrO3. The Kier molecular flexibility index (Phi) is 17.8. The molecule has 0 bridgehead atoms. The van der Waals surface area contributed by atoms with Gasteiger partial charge >= 0.3 is 5.97 Å². The Balaban J connectivity index is 3.70. The molecule has 27 heavy (non-hydrogen) atoms. The summed E-state index contributed by atoms with van der Waals surface area (Å²) in [7, 11) is 0. The van der Waals surface area contributed by atoms with Gasteiger partial charge in [0.15, 0.2) is 0 Å². The van der Waals surface area contributed by atoms with Crippen LogP contribution >= 0.6 is 15.9 Å². The molecule has 3 nitrogen and oxygen atoms in total. The van der Waals surface area contributed by atoms with E-state index < -0.39 is 12.1 Å². The van der Waals surface area contributed by atoms with Crippen LogP contribution in [0, 0.1) is 23.7 Å². The highest BCUT2D eigenvalue weighted by molar-refractivity contribution is 9.11. The monoisotopic (exact) mass is 434 g/mol. The second-order valence-corrected chi connectivity index (χ2v) is 7.06. The SMILES string of the molecule is CCC/C=C/C=C(/Br)C(O)CCCCCC/C=C/C#CC#CCCC(=O)O. The Hall–Kier alpha value is -1.75. The largest absolute Gasteiger partial charge is 0.481 e. The van der Waals surface area contributed by atoms with E-state index in [2.05, 4.69) is 52.6 Å². The van der Waals surface area contributed by atoms with Crippen LogP contribution in [-0.4, -0.2) is 22.3 Å². The van der Waals surface area contributed by atoms with Gasteiger partial charge in [0.1, 0.15) is 0 Å². The lowest BCUT2D eigenvalue weighted by Crippen LogP contribution is -2.05. The van der Waals surface area contributed by atoms with Crippen LogP contribution in [0.4, 0.5) is 0 Å². The van der Waals surface area contributed by atoms with Crippen LogP contribution in [-0.2, 0) is 4.79 Å². The summed E-state index contributed by atoms with van der Waals surface area (Å²) in [5.74, 6) is 10.0. The Morgan fingerprint density at radius 1 is 1.11 bits per heavy atom. The summed E-state index contributed by atoms with van der Waals surface area (Å²) in [6, 6.07) is 0. The lowest BCUT2D eigenvalue weighted by atomic mass is 10.1. The number of rotatable bonds is 13. The van der Waals surface area contributed by atoms with Crippen molar-refractivity contribution in [3.63, 3.8) is 0 Å². The van der Waals surface area contributed by atoms with E-state index in [1.165, 1.54) is 0 Å². The molecule has 2 N–H and O–H groups in total. The minimum absolute atomic E-state index is 0.0603. The van der Waals surface area contributed by atoms with Crippen molar-refractivity contribution in [2.75, 3.05) is 0 Å². The summed E-state index contributed by atoms with van der Waals surface area (Å²) in [6.07, 6.45) is 18.2. The second kappa shape index (κ2) is 19.0. The van der Waals surface area contributed by atoms with E-state index in [9.17, 15) is 9.90 Å². The van der Waals surface area contributed by atoms with Crippen molar-refractivity contribution in [2.45, 2.75) is 77.2 Å². The first-order valence-electron chi connectivity index (χ1n) is 9.63. The molecule has 0 aliphatic heterocycles. The zero-order chi connectivity index (χ0) is 20.2. The highest BCUT2D eigenvalue weighted by Gasteiger charge is 2.06. The smallest absolute Gasteiger partial charge is 0.304 e. The van der Waals surface area contributed by atoms with Crippen LogP contribution in [0.15, 0.2) is 34.9 Å². The Morgan fingerprint density at radius 2 is 1.89 bits per heavy atom. The molecule has 0 fully saturated rings. The zero-order valence-electron chi connectivity index (χ0n) is 16.2. The first kappa shape index (κ1) is 25.2. The third-order valence-corrected chi connectivity index (χ3v) is 4.44. The molecule has 0 spiro atoms. The first-order valence-corrected chi connectivity index (χ1v) is 10.4. The van der Waals surface area contributed by atoms with E-state index in [-0.39, 0.29) is 6.42 Å². The normalized spacial score (nSPS) is 12.5. The number of aliphatic hydroxyl groups is 1. The summed E-state index contributed by atoms with van der Waals surface area (Å²) < 4.78 is 0.849. The van der Waals surface area contributed by atoms with Crippen molar-refractivity contribution in [1.29, 1.82) is 0 Å². The molecule has 0 aliphatic rings. The number of carboxylic acid groups (broad SMARTS) is 1. The molecular weight excluding hydrogens is 404 g/mol. The van der Waals surface area contributed by atoms with Gasteiger partial charge in [-0.05, 0) is 49.7 Å². The van der Waals surface area contributed by atoms with E-state index in [1.807, 2.05) is 18.2 Å². The van der Waals surface area contributed by atoms with Gasteiger partial charge in [-0.3, -0.25) is 4.79 Å². The van der Waals surface area contributed by atoms with Crippen LogP contribution in [0.1, 0.15) is 71.1 Å². The van der Waals surface area contributed by atoms with Crippen molar-refractivity contribution >= 4 is 21.9 Å². The van der Waals surface area contributed by atoms with Gasteiger partial charge in [-0.1, -0.05) is 78.6 Å². The number of aliphatic carboxylic acids is 1. The van der Waals surface area contributed by atoms with Crippen molar-refractivity contribution < 1.29 is 15.0 Å². The standard InChI is InChI=1S/C23H31BrO3/c1-2-3-4-15-18-21(24)22(25)19-16-13-11-9-7-5-6-8-10-12-14-17-20-23(26)27/h4-6,15,18,22,25H,2-3,7,9,11,13,16-17,19-20H2,1H3,(H,26,27)/b6-5+,15-4+,21-18+. The lowest BCUT2D eigenvalue weighted by molar-refractivity contribution is -0.136. The fourth-order valence-electron chi connectivity index (χ4n) is 2.12. The number of carboxylic acids is 1. The molecule has 0 heterocycles. The predicted octanol–water partition coefficient (Wildman–Crippen LogP) is 5.75. The molecule has 1 atom stereocenters. The average molecular weight is 435 g/mol. The summed E-state index contributed by atoms with van der Waals surface area (Å²) in [6.45, 7) is 2.14. The zero-order valence-corrected chi connectivity index (χ0v) is 17.8. The van der Waals surface area contributed by atoms with Crippen LogP contribution < -0.4 is 0 Å². The third kappa shape index (κ3) is 18.8. The summed E-state index contributed by atoms with van der Waals surface area (Å²) in [5.41, 5.74) is 0. The molecule has 1 unspecified atom stereocenters. The highest BCUT2D eigenvalue weighted by atomic mass is 79.9. The molecule has 4 heteroatoms. The van der Waals surface area contributed by atoms with Gasteiger partial charge < -0.3 is 10.2 Å². The third-order valence-electron chi connectivity index (χ3n) is 3.65. The van der Waals surface area contributed by atoms with E-state index in [1.54, 1.807) is 6.08 Å². The predicted molar refractivity (Wildman–Crippen MR) is 116 cm³/mol. The van der Waals surface area contributed by atoms with E-state index >= 15 is 0 Å².